The van der Waals surface area contributed by atoms with Gasteiger partial charge in [0.15, 0.2) is 17.2 Å². The maximum atomic E-state index is 6.46. The monoisotopic (exact) mass is 734 g/mol. The summed E-state index contributed by atoms with van der Waals surface area (Å²) < 4.78 is 8.68. The number of aromatic nitrogens is 4. The number of hydrogen-bond donors (Lipinski definition) is 0. The van der Waals surface area contributed by atoms with Gasteiger partial charge in [0.05, 0.1) is 15.9 Å². The molecule has 0 atom stereocenters. The molecule has 11 rings (SSSR count). The lowest BCUT2D eigenvalue weighted by Crippen LogP contribution is -1.96. The predicted octanol–water partition coefficient (Wildman–Crippen LogP) is 13.5. The van der Waals surface area contributed by atoms with Crippen molar-refractivity contribution in [3.8, 4) is 67.5 Å². The molecule has 0 unspecified atom stereocenters. The summed E-state index contributed by atoms with van der Waals surface area (Å²) >= 11 is 1.72. The lowest BCUT2D eigenvalue weighted by molar-refractivity contribution is 0.667. The molecule has 0 saturated heterocycles. The molecular formula is C50H30N4OS. The standard InChI is InChI=1S/C50H30N4OS/c1-3-12-31(13-4-1)33-22-26-35(27-23-33)43-47-45(39-18-7-9-20-41(39)55-47)53-50(51-43)38-17-11-16-37(30-38)44-48-46(40-19-8-10-21-42(40)56-48)54-49(52-44)36-28-24-34(25-29-36)32-14-5-2-6-15-32/h1-30H. The van der Waals surface area contributed by atoms with Crippen LogP contribution in [-0.2, 0) is 0 Å². The summed E-state index contributed by atoms with van der Waals surface area (Å²) in [4.78, 5) is 20.9. The van der Waals surface area contributed by atoms with Crippen LogP contribution in [-0.4, -0.2) is 19.9 Å². The Morgan fingerprint density at radius 1 is 0.357 bits per heavy atom. The Kier molecular flexibility index (Phi) is 7.60. The van der Waals surface area contributed by atoms with Gasteiger partial charge in [0.1, 0.15) is 16.8 Å². The third-order valence-electron chi connectivity index (χ3n) is 10.3. The van der Waals surface area contributed by atoms with Crippen LogP contribution in [0.5, 0.6) is 0 Å². The molecule has 5 nitrogen and oxygen atoms in total. The van der Waals surface area contributed by atoms with Gasteiger partial charge in [0, 0.05) is 37.7 Å². The van der Waals surface area contributed by atoms with E-state index >= 15 is 0 Å². The first kappa shape index (κ1) is 32.2. The first-order valence-corrected chi connectivity index (χ1v) is 19.4. The second kappa shape index (κ2) is 13.2. The molecule has 11 aromatic rings. The third kappa shape index (κ3) is 5.54. The zero-order valence-electron chi connectivity index (χ0n) is 29.9. The highest BCUT2D eigenvalue weighted by molar-refractivity contribution is 7.26. The molecule has 0 aliphatic rings. The van der Waals surface area contributed by atoms with E-state index in [9.17, 15) is 0 Å². The molecule has 0 N–H and O–H groups in total. The molecule has 0 bridgehead atoms. The Hall–Kier alpha value is -7.28. The summed E-state index contributed by atoms with van der Waals surface area (Å²) in [6.45, 7) is 0. The van der Waals surface area contributed by atoms with Crippen LogP contribution in [0.1, 0.15) is 0 Å². The zero-order chi connectivity index (χ0) is 37.0. The van der Waals surface area contributed by atoms with E-state index in [1.165, 1.54) is 10.3 Å². The molecule has 4 aromatic heterocycles. The minimum Gasteiger partial charge on any atom is -0.452 e. The smallest absolute Gasteiger partial charge is 0.180 e. The fourth-order valence-corrected chi connectivity index (χ4v) is 8.68. The van der Waals surface area contributed by atoms with Crippen LogP contribution >= 0.6 is 11.3 Å². The number of para-hydroxylation sites is 1. The molecule has 262 valence electrons. The highest BCUT2D eigenvalue weighted by Gasteiger charge is 2.21. The summed E-state index contributed by atoms with van der Waals surface area (Å²) in [7, 11) is 0. The van der Waals surface area contributed by atoms with E-state index < -0.39 is 0 Å². The molecule has 6 heteroatoms. The van der Waals surface area contributed by atoms with E-state index in [1.807, 2.05) is 30.3 Å². The van der Waals surface area contributed by atoms with Crippen molar-refractivity contribution >= 4 is 53.7 Å². The predicted molar refractivity (Wildman–Crippen MR) is 230 cm³/mol. The number of fused-ring (bicyclic) bond motifs is 6. The Morgan fingerprint density at radius 2 is 0.875 bits per heavy atom. The Labute approximate surface area is 326 Å². The topological polar surface area (TPSA) is 64.7 Å². The van der Waals surface area contributed by atoms with Crippen LogP contribution in [0.2, 0.25) is 0 Å². The van der Waals surface area contributed by atoms with Gasteiger partial charge in [-0.05, 0) is 46.5 Å². The molecule has 0 aliphatic heterocycles. The fourth-order valence-electron chi connectivity index (χ4n) is 7.53. The molecule has 0 saturated carbocycles. The van der Waals surface area contributed by atoms with E-state index in [2.05, 4.69) is 152 Å². The van der Waals surface area contributed by atoms with Gasteiger partial charge in [-0.1, -0.05) is 158 Å². The SMILES string of the molecule is c1ccc(-c2ccc(-c3nc(-c4cccc(-c5nc(-c6ccc(-c7ccccc7)cc6)c6oc7ccccc7c6n5)c4)c4sc5ccccc5c4n3)cc2)cc1. The summed E-state index contributed by atoms with van der Waals surface area (Å²) in [5.74, 6) is 1.30. The van der Waals surface area contributed by atoms with Crippen molar-refractivity contribution in [3.05, 3.63) is 182 Å². The average molecular weight is 735 g/mol. The van der Waals surface area contributed by atoms with Crippen molar-refractivity contribution in [3.63, 3.8) is 0 Å². The highest BCUT2D eigenvalue weighted by atomic mass is 32.1. The van der Waals surface area contributed by atoms with E-state index in [0.29, 0.717) is 17.2 Å². The van der Waals surface area contributed by atoms with Gasteiger partial charge in [-0.25, -0.2) is 19.9 Å². The summed E-state index contributed by atoms with van der Waals surface area (Å²) in [6.07, 6.45) is 0. The molecule has 4 heterocycles. The van der Waals surface area contributed by atoms with Crippen molar-refractivity contribution < 1.29 is 4.42 Å². The minimum absolute atomic E-state index is 0.617. The van der Waals surface area contributed by atoms with Crippen molar-refractivity contribution in [2.75, 3.05) is 0 Å². The summed E-state index contributed by atoms with van der Waals surface area (Å²) in [6, 6.07) is 62.7. The highest BCUT2D eigenvalue weighted by Crippen LogP contribution is 2.41. The molecular weight excluding hydrogens is 705 g/mol. The average Bonchev–Trinajstić information content (AvgIpc) is 3.85. The van der Waals surface area contributed by atoms with Gasteiger partial charge in [-0.15, -0.1) is 11.3 Å². The van der Waals surface area contributed by atoms with Gasteiger partial charge in [0.25, 0.3) is 0 Å². The van der Waals surface area contributed by atoms with Gasteiger partial charge < -0.3 is 4.42 Å². The quantitative estimate of drug-likeness (QED) is 0.170. The number of nitrogens with zero attached hydrogens (tertiary/aromatic N) is 4. The lowest BCUT2D eigenvalue weighted by atomic mass is 10.0. The molecule has 0 radical (unpaired) electrons. The van der Waals surface area contributed by atoms with Crippen molar-refractivity contribution in [1.82, 2.24) is 19.9 Å². The zero-order valence-corrected chi connectivity index (χ0v) is 30.7. The van der Waals surface area contributed by atoms with Crippen molar-refractivity contribution in [1.29, 1.82) is 0 Å². The van der Waals surface area contributed by atoms with E-state index in [1.54, 1.807) is 11.3 Å². The summed E-state index contributed by atoms with van der Waals surface area (Å²) in [5.41, 5.74) is 13.2. The molecule has 56 heavy (non-hydrogen) atoms. The van der Waals surface area contributed by atoms with Crippen molar-refractivity contribution in [2.45, 2.75) is 0 Å². The van der Waals surface area contributed by atoms with E-state index in [4.69, 9.17) is 24.4 Å². The Morgan fingerprint density at radius 3 is 1.61 bits per heavy atom. The first-order valence-electron chi connectivity index (χ1n) is 18.5. The number of furan rings is 1. The van der Waals surface area contributed by atoms with Gasteiger partial charge in [-0.2, -0.15) is 0 Å². The molecule has 0 fully saturated rings. The maximum absolute atomic E-state index is 6.46. The second-order valence-electron chi connectivity index (χ2n) is 13.8. The largest absolute Gasteiger partial charge is 0.452 e. The van der Waals surface area contributed by atoms with Crippen LogP contribution in [0.15, 0.2) is 186 Å². The normalized spacial score (nSPS) is 11.6. The van der Waals surface area contributed by atoms with Crippen LogP contribution in [0.25, 0.3) is 110 Å². The lowest BCUT2D eigenvalue weighted by Gasteiger charge is -2.10. The van der Waals surface area contributed by atoms with Gasteiger partial charge >= 0.3 is 0 Å². The Bertz CT molecular complexity index is 3230. The van der Waals surface area contributed by atoms with Gasteiger partial charge in [-0.3, -0.25) is 0 Å². The number of rotatable bonds is 6. The van der Waals surface area contributed by atoms with Crippen molar-refractivity contribution in [2.24, 2.45) is 0 Å². The second-order valence-corrected chi connectivity index (χ2v) is 14.9. The first-order chi connectivity index (χ1) is 27.7. The molecule has 0 spiro atoms. The molecule has 0 aliphatic carbocycles. The molecule has 7 aromatic carbocycles. The van der Waals surface area contributed by atoms with E-state index in [-0.39, 0.29) is 0 Å². The number of thiophene rings is 1. The number of hydrogen-bond acceptors (Lipinski definition) is 6. The van der Waals surface area contributed by atoms with E-state index in [0.717, 1.165) is 82.4 Å². The number of benzene rings is 7. The maximum Gasteiger partial charge on any atom is 0.180 e. The minimum atomic E-state index is 0.617. The molecule has 0 amide bonds. The van der Waals surface area contributed by atoms with Crippen LogP contribution < -0.4 is 0 Å². The Balaban J connectivity index is 1.07. The van der Waals surface area contributed by atoms with Gasteiger partial charge in [0.2, 0.25) is 0 Å². The van der Waals surface area contributed by atoms with Crippen LogP contribution in [0, 0.1) is 0 Å². The summed E-state index contributed by atoms with van der Waals surface area (Å²) in [5, 5.41) is 2.08. The third-order valence-corrected chi connectivity index (χ3v) is 11.5. The fraction of sp³-hybridized carbons (Fsp3) is 0. The van der Waals surface area contributed by atoms with Crippen LogP contribution in [0.4, 0.5) is 0 Å². The van der Waals surface area contributed by atoms with Crippen LogP contribution in [0.3, 0.4) is 0 Å².